The molecule has 14 heteroatoms. The van der Waals surface area contributed by atoms with Gasteiger partial charge >= 0.3 is 0 Å². The van der Waals surface area contributed by atoms with Crippen LogP contribution in [0.25, 0.3) is 0 Å². The van der Waals surface area contributed by atoms with E-state index in [1.165, 1.54) is 25.3 Å². The Kier molecular flexibility index (Phi) is 9.15. The summed E-state index contributed by atoms with van der Waals surface area (Å²) < 4.78 is 29.0. The molecule has 2 fully saturated rings. The topological polar surface area (TPSA) is 202 Å². The summed E-state index contributed by atoms with van der Waals surface area (Å²) in [6, 6.07) is 3.93. The molecule has 2 aromatic carbocycles. The Morgan fingerprint density at radius 2 is 1.85 bits per heavy atom. The van der Waals surface area contributed by atoms with Gasteiger partial charge in [0.25, 0.3) is 0 Å². The summed E-state index contributed by atoms with van der Waals surface area (Å²) in [5.41, 5.74) is -3.61. The van der Waals surface area contributed by atoms with Crippen LogP contribution in [0.2, 0.25) is 0 Å². The largest absolute Gasteiger partial charge is 0.507 e. The minimum absolute atomic E-state index is 0.0503. The van der Waals surface area contributed by atoms with E-state index in [-0.39, 0.29) is 34.4 Å². The normalized spacial score (nSPS) is 30.8. The molecule has 0 bridgehead atoms. The van der Waals surface area contributed by atoms with E-state index in [4.69, 9.17) is 23.7 Å². The SMILES string of the molecule is CCO[C@@H]1CN([C@H]2C[C@H](O[C@H]3C[C@](O)(C(=O)CO)Cc4c(O)c5c(c(O)c43)C(=O)c3c(OC)cccc3C5=O)O[C@@H](C)[C@H]2O)CCO1. The number of benzene rings is 2. The van der Waals surface area contributed by atoms with Crippen LogP contribution in [-0.2, 0) is 30.2 Å². The minimum atomic E-state index is -2.26. The number of carbonyl (C=O) groups excluding carboxylic acids is 3. The van der Waals surface area contributed by atoms with Crippen LogP contribution >= 0.6 is 0 Å². The van der Waals surface area contributed by atoms with Crippen molar-refractivity contribution in [1.29, 1.82) is 0 Å². The van der Waals surface area contributed by atoms with Gasteiger partial charge < -0.3 is 49.2 Å². The number of hydrogen-bond donors (Lipinski definition) is 5. The number of rotatable bonds is 8. The number of phenolic OH excluding ortho intramolecular Hbond substituents is 2. The van der Waals surface area contributed by atoms with Crippen LogP contribution in [-0.4, -0.2) is 124 Å². The fraction of sp³-hybridized carbons (Fsp3) is 0.545. The molecule has 254 valence electrons. The molecule has 5 N–H and O–H groups in total. The molecule has 2 heterocycles. The van der Waals surface area contributed by atoms with E-state index in [9.17, 15) is 39.9 Å². The number of morpholine rings is 1. The molecule has 0 saturated carbocycles. The number of aromatic hydroxyl groups is 2. The van der Waals surface area contributed by atoms with Crippen LogP contribution in [0.4, 0.5) is 0 Å². The molecule has 6 rings (SSSR count). The monoisotopic (exact) mass is 657 g/mol. The van der Waals surface area contributed by atoms with Crippen molar-refractivity contribution >= 4 is 17.3 Å². The van der Waals surface area contributed by atoms with E-state index in [0.717, 1.165) is 0 Å². The summed E-state index contributed by atoms with van der Waals surface area (Å²) in [6.45, 7) is 4.20. The first-order valence-electron chi connectivity index (χ1n) is 15.6. The van der Waals surface area contributed by atoms with Gasteiger partial charge in [-0.3, -0.25) is 19.3 Å². The zero-order valence-corrected chi connectivity index (χ0v) is 26.3. The lowest BCUT2D eigenvalue weighted by Gasteiger charge is -2.47. The Bertz CT molecular complexity index is 1590. The van der Waals surface area contributed by atoms with E-state index in [0.29, 0.717) is 26.3 Å². The first kappa shape index (κ1) is 33.4. The Labute approximate surface area is 270 Å². The third-order valence-electron chi connectivity index (χ3n) is 9.62. The highest BCUT2D eigenvalue weighted by atomic mass is 16.7. The lowest BCUT2D eigenvalue weighted by atomic mass is 9.72. The number of aliphatic hydroxyl groups excluding tert-OH is 2. The van der Waals surface area contributed by atoms with Gasteiger partial charge in [-0.1, -0.05) is 12.1 Å². The minimum Gasteiger partial charge on any atom is -0.507 e. The molecule has 2 aromatic rings. The van der Waals surface area contributed by atoms with E-state index in [1.54, 1.807) is 6.92 Å². The first-order chi connectivity index (χ1) is 22.4. The third-order valence-corrected chi connectivity index (χ3v) is 9.62. The highest BCUT2D eigenvalue weighted by Crippen LogP contribution is 2.52. The second-order valence-electron chi connectivity index (χ2n) is 12.3. The summed E-state index contributed by atoms with van der Waals surface area (Å²) in [4.78, 5) is 42.5. The molecule has 4 aliphatic rings. The molecular formula is C33H39NO13. The van der Waals surface area contributed by atoms with Crippen LogP contribution in [0.15, 0.2) is 18.2 Å². The Balaban J connectivity index is 1.41. The molecule has 47 heavy (non-hydrogen) atoms. The maximum absolute atomic E-state index is 13.9. The molecule has 14 nitrogen and oxygen atoms in total. The Hall–Kier alpha value is -3.47. The van der Waals surface area contributed by atoms with Crippen molar-refractivity contribution in [2.45, 2.75) is 75.6 Å². The molecule has 2 saturated heterocycles. The number of aliphatic hydroxyl groups is 3. The van der Waals surface area contributed by atoms with Gasteiger partial charge in [0.15, 0.2) is 24.1 Å². The van der Waals surface area contributed by atoms with Crippen molar-refractivity contribution in [3.05, 3.63) is 51.6 Å². The number of ether oxygens (including phenoxy) is 5. The Morgan fingerprint density at radius 3 is 2.55 bits per heavy atom. The first-order valence-corrected chi connectivity index (χ1v) is 15.6. The van der Waals surface area contributed by atoms with E-state index in [1.807, 2.05) is 11.8 Å². The molecular weight excluding hydrogens is 618 g/mol. The maximum atomic E-state index is 13.9. The highest BCUT2D eigenvalue weighted by molar-refractivity contribution is 6.31. The van der Waals surface area contributed by atoms with Crippen LogP contribution < -0.4 is 4.74 Å². The molecule has 2 aliphatic carbocycles. The number of phenols is 2. The van der Waals surface area contributed by atoms with Gasteiger partial charge in [0.2, 0.25) is 5.78 Å². The average Bonchev–Trinajstić information content (AvgIpc) is 3.06. The second-order valence-corrected chi connectivity index (χ2v) is 12.3. The molecule has 2 aliphatic heterocycles. The van der Waals surface area contributed by atoms with Crippen molar-refractivity contribution in [3.63, 3.8) is 0 Å². The number of fused-ring (bicyclic) bond motifs is 3. The van der Waals surface area contributed by atoms with Crippen LogP contribution in [0.5, 0.6) is 17.2 Å². The van der Waals surface area contributed by atoms with Crippen molar-refractivity contribution in [3.8, 4) is 17.2 Å². The standard InChI is InChI=1S/C33H39NO13/c1-4-44-23-13-34(8-9-45-23)18-10-22(46-15(2)28(18)37)47-20-12-33(42,21(36)14-35)11-17-25(20)32(41)27-26(30(17)39)29(38)16-6-5-7-19(43-3)24(16)31(27)40/h5-7,15,18,20,22-23,28,35,37,39,41-42H,4,8-14H2,1-3H3/t15-,18-,20-,22-,23-,28+,33-/m0/s1. The summed E-state index contributed by atoms with van der Waals surface area (Å²) in [5, 5.41) is 55.6. The van der Waals surface area contributed by atoms with Gasteiger partial charge in [-0.15, -0.1) is 0 Å². The van der Waals surface area contributed by atoms with Crippen molar-refractivity contribution < 1.29 is 63.6 Å². The van der Waals surface area contributed by atoms with Gasteiger partial charge in [0.1, 0.15) is 29.5 Å². The van der Waals surface area contributed by atoms with Gasteiger partial charge in [-0.25, -0.2) is 0 Å². The molecule has 0 aromatic heterocycles. The number of ketones is 3. The third kappa shape index (κ3) is 5.62. The van der Waals surface area contributed by atoms with Gasteiger partial charge in [0.05, 0.1) is 48.7 Å². The average molecular weight is 658 g/mol. The number of nitrogens with zero attached hydrogens (tertiary/aromatic N) is 1. The van der Waals surface area contributed by atoms with Gasteiger partial charge in [0, 0.05) is 61.7 Å². The molecule has 7 atom stereocenters. The van der Waals surface area contributed by atoms with Crippen molar-refractivity contribution in [2.24, 2.45) is 0 Å². The smallest absolute Gasteiger partial charge is 0.202 e. The van der Waals surface area contributed by atoms with E-state index < -0.39 is 102 Å². The molecule has 0 spiro atoms. The fourth-order valence-corrected chi connectivity index (χ4v) is 7.28. The zero-order chi connectivity index (χ0) is 33.8. The van der Waals surface area contributed by atoms with Crippen molar-refractivity contribution in [2.75, 3.05) is 40.0 Å². The van der Waals surface area contributed by atoms with E-state index >= 15 is 0 Å². The van der Waals surface area contributed by atoms with Crippen LogP contribution in [0.1, 0.15) is 75.8 Å². The van der Waals surface area contributed by atoms with Crippen LogP contribution in [0, 0.1) is 0 Å². The summed E-state index contributed by atoms with van der Waals surface area (Å²) >= 11 is 0. The predicted molar refractivity (Wildman–Crippen MR) is 161 cm³/mol. The second kappa shape index (κ2) is 12.9. The number of methoxy groups -OCH3 is 1. The zero-order valence-electron chi connectivity index (χ0n) is 26.3. The lowest BCUT2D eigenvalue weighted by molar-refractivity contribution is -0.267. The maximum Gasteiger partial charge on any atom is 0.202 e. The van der Waals surface area contributed by atoms with E-state index in [2.05, 4.69) is 0 Å². The quantitative estimate of drug-likeness (QED) is 0.212. The summed E-state index contributed by atoms with van der Waals surface area (Å²) in [6.07, 6.45) is -5.44. The van der Waals surface area contributed by atoms with Gasteiger partial charge in [-0.2, -0.15) is 0 Å². The lowest BCUT2D eigenvalue weighted by Crippen LogP contribution is -2.59. The number of hydrogen-bond acceptors (Lipinski definition) is 14. The summed E-state index contributed by atoms with van der Waals surface area (Å²) in [5.74, 6) is -3.75. The summed E-state index contributed by atoms with van der Waals surface area (Å²) in [7, 11) is 1.33. The van der Waals surface area contributed by atoms with Crippen LogP contribution in [0.3, 0.4) is 0 Å². The molecule has 0 radical (unpaired) electrons. The van der Waals surface area contributed by atoms with Crippen molar-refractivity contribution in [1.82, 2.24) is 4.90 Å². The molecule has 0 amide bonds. The molecule has 0 unspecified atom stereocenters. The number of carbonyl (C=O) groups is 3. The van der Waals surface area contributed by atoms with Gasteiger partial charge in [-0.05, 0) is 19.9 Å². The Morgan fingerprint density at radius 1 is 1.11 bits per heavy atom. The number of Topliss-reactive ketones (excluding diaryl/α,β-unsaturated/α-hetero) is 1. The fourth-order valence-electron chi connectivity index (χ4n) is 7.28. The highest BCUT2D eigenvalue weighted by Gasteiger charge is 2.50. The predicted octanol–water partition coefficient (Wildman–Crippen LogP) is 0.737.